The molecule has 0 unspecified atom stereocenters. The smallest absolute Gasteiger partial charge is 0.191 e. The minimum atomic E-state index is -0.00261. The Kier molecular flexibility index (Phi) is 8.51. The molecule has 0 amide bonds. The Morgan fingerprint density at radius 1 is 1.20 bits per heavy atom. The van der Waals surface area contributed by atoms with Gasteiger partial charge in [-0.25, -0.2) is 4.98 Å². The largest absolute Gasteiger partial charge is 0.494 e. The van der Waals surface area contributed by atoms with Crippen LogP contribution in [0.3, 0.4) is 0 Å². The molecule has 1 aromatic heterocycles. The van der Waals surface area contributed by atoms with Crippen molar-refractivity contribution in [3.8, 4) is 5.75 Å². The number of rotatable bonds is 9. The Bertz CT molecular complexity index is 798. The number of guanidine groups is 1. The van der Waals surface area contributed by atoms with Crippen LogP contribution in [-0.4, -0.2) is 50.4 Å². The molecule has 0 radical (unpaired) electrons. The molecular formula is C23H34N4O2S. The summed E-state index contributed by atoms with van der Waals surface area (Å²) in [6.07, 6.45) is 2.84. The molecular weight excluding hydrogens is 396 g/mol. The van der Waals surface area contributed by atoms with Gasteiger partial charge in [-0.05, 0) is 51.3 Å². The average Bonchev–Trinajstić information content (AvgIpc) is 3.18. The number of nitrogens with one attached hydrogen (secondary N) is 2. The highest BCUT2D eigenvalue weighted by Crippen LogP contribution is 2.36. The number of hydrogen-bond donors (Lipinski definition) is 2. The number of benzene rings is 1. The van der Waals surface area contributed by atoms with Gasteiger partial charge in [-0.2, -0.15) is 0 Å². The van der Waals surface area contributed by atoms with Crippen molar-refractivity contribution in [2.45, 2.75) is 45.4 Å². The number of hydrogen-bond acceptors (Lipinski definition) is 5. The lowest BCUT2D eigenvalue weighted by molar-refractivity contribution is 0.0531. The van der Waals surface area contributed by atoms with Crippen LogP contribution in [-0.2, 0) is 16.6 Å². The lowest BCUT2D eigenvalue weighted by Crippen LogP contribution is -2.41. The summed E-state index contributed by atoms with van der Waals surface area (Å²) in [7, 11) is 0. The van der Waals surface area contributed by atoms with Gasteiger partial charge in [0, 0.05) is 43.5 Å². The van der Waals surface area contributed by atoms with E-state index in [1.165, 1.54) is 5.56 Å². The molecule has 0 aliphatic carbocycles. The Balaban J connectivity index is 1.68. The quantitative estimate of drug-likeness (QED) is 0.469. The van der Waals surface area contributed by atoms with Crippen molar-refractivity contribution in [2.24, 2.45) is 4.99 Å². The van der Waals surface area contributed by atoms with Gasteiger partial charge in [0.25, 0.3) is 0 Å². The molecule has 30 heavy (non-hydrogen) atoms. The molecule has 0 atom stereocenters. The maximum absolute atomic E-state index is 5.67. The minimum absolute atomic E-state index is 0.00261. The Labute approximate surface area is 184 Å². The van der Waals surface area contributed by atoms with Crippen LogP contribution in [0.1, 0.15) is 43.0 Å². The van der Waals surface area contributed by atoms with Crippen LogP contribution in [0.15, 0.2) is 34.6 Å². The van der Waals surface area contributed by atoms with Crippen LogP contribution in [0.2, 0.25) is 0 Å². The summed E-state index contributed by atoms with van der Waals surface area (Å²) in [6, 6.07) is 8.52. The van der Waals surface area contributed by atoms with Gasteiger partial charge in [0.05, 0.1) is 23.9 Å². The predicted octanol–water partition coefficient (Wildman–Crippen LogP) is 3.70. The second-order valence-corrected chi connectivity index (χ2v) is 8.64. The van der Waals surface area contributed by atoms with Crippen molar-refractivity contribution in [3.63, 3.8) is 0 Å². The first-order valence-electron chi connectivity index (χ1n) is 10.9. The van der Waals surface area contributed by atoms with Crippen LogP contribution in [0.4, 0.5) is 0 Å². The molecule has 0 saturated carbocycles. The Morgan fingerprint density at radius 2 is 1.97 bits per heavy atom. The molecule has 0 spiro atoms. The normalized spacial score (nSPS) is 16.3. The molecule has 7 heteroatoms. The van der Waals surface area contributed by atoms with Crippen LogP contribution >= 0.6 is 11.3 Å². The third-order valence-electron chi connectivity index (χ3n) is 5.45. The molecule has 1 aromatic carbocycles. The molecule has 164 valence electrons. The van der Waals surface area contributed by atoms with E-state index in [9.17, 15) is 0 Å². The fourth-order valence-electron chi connectivity index (χ4n) is 3.78. The van der Waals surface area contributed by atoms with Crippen molar-refractivity contribution < 1.29 is 9.47 Å². The zero-order valence-corrected chi connectivity index (χ0v) is 19.2. The second-order valence-electron chi connectivity index (χ2n) is 7.58. The first kappa shape index (κ1) is 22.6. The summed E-state index contributed by atoms with van der Waals surface area (Å²) < 4.78 is 11.3. The van der Waals surface area contributed by atoms with E-state index < -0.39 is 0 Å². The number of nitrogens with zero attached hydrogens (tertiary/aromatic N) is 2. The molecule has 2 aromatic rings. The molecule has 6 nitrogen and oxygen atoms in total. The Hall–Kier alpha value is -2.12. The topological polar surface area (TPSA) is 67.8 Å². The van der Waals surface area contributed by atoms with Gasteiger partial charge >= 0.3 is 0 Å². The first-order chi connectivity index (χ1) is 14.6. The van der Waals surface area contributed by atoms with E-state index in [1.807, 2.05) is 13.8 Å². The summed E-state index contributed by atoms with van der Waals surface area (Å²) in [5.74, 6) is 1.78. The van der Waals surface area contributed by atoms with Gasteiger partial charge in [-0.15, -0.1) is 11.3 Å². The standard InChI is InChI=1S/C23H34N4O2S/c1-4-24-22(25-13-10-20-16-30-18(3)27-20)26-17-23(11-14-28-15-12-23)19-6-8-21(9-7-19)29-5-2/h6-9,16H,4-5,10-15,17H2,1-3H3,(H2,24,25,26). The number of ether oxygens (including phenoxy) is 2. The van der Waals surface area contributed by atoms with E-state index in [4.69, 9.17) is 14.5 Å². The SMILES string of the molecule is CCNC(=NCC1(c2ccc(OCC)cc2)CCOCC1)NCCc1csc(C)n1. The maximum Gasteiger partial charge on any atom is 0.191 e. The number of aliphatic imine (C=N–C) groups is 1. The summed E-state index contributed by atoms with van der Waals surface area (Å²) in [4.78, 5) is 9.51. The highest BCUT2D eigenvalue weighted by atomic mass is 32.1. The molecule has 1 saturated heterocycles. The zero-order valence-electron chi connectivity index (χ0n) is 18.4. The van der Waals surface area contributed by atoms with E-state index in [-0.39, 0.29) is 5.41 Å². The molecule has 3 rings (SSSR count). The van der Waals surface area contributed by atoms with E-state index >= 15 is 0 Å². The monoisotopic (exact) mass is 430 g/mol. The van der Waals surface area contributed by atoms with Gasteiger partial charge in [0.2, 0.25) is 0 Å². The van der Waals surface area contributed by atoms with Crippen molar-refractivity contribution in [1.82, 2.24) is 15.6 Å². The fraction of sp³-hybridized carbons (Fsp3) is 0.565. The number of aromatic nitrogens is 1. The van der Waals surface area contributed by atoms with E-state index in [2.05, 4.69) is 52.2 Å². The predicted molar refractivity (Wildman–Crippen MR) is 124 cm³/mol. The van der Waals surface area contributed by atoms with Crippen LogP contribution in [0, 0.1) is 6.92 Å². The summed E-state index contributed by atoms with van der Waals surface area (Å²) in [5.41, 5.74) is 2.44. The molecule has 1 aliphatic rings. The maximum atomic E-state index is 5.67. The lowest BCUT2D eigenvalue weighted by atomic mass is 9.74. The first-order valence-corrected chi connectivity index (χ1v) is 11.8. The Morgan fingerprint density at radius 3 is 2.60 bits per heavy atom. The van der Waals surface area contributed by atoms with Gasteiger partial charge in [0.1, 0.15) is 5.75 Å². The van der Waals surface area contributed by atoms with E-state index in [1.54, 1.807) is 11.3 Å². The minimum Gasteiger partial charge on any atom is -0.494 e. The molecule has 2 N–H and O–H groups in total. The van der Waals surface area contributed by atoms with Crippen molar-refractivity contribution in [3.05, 3.63) is 45.9 Å². The zero-order chi connectivity index (χ0) is 21.2. The fourth-order valence-corrected chi connectivity index (χ4v) is 4.42. The van der Waals surface area contributed by atoms with Crippen molar-refractivity contribution in [1.29, 1.82) is 0 Å². The molecule has 1 aliphatic heterocycles. The third-order valence-corrected chi connectivity index (χ3v) is 6.27. The number of thiazole rings is 1. The van der Waals surface area contributed by atoms with Gasteiger partial charge in [-0.1, -0.05) is 12.1 Å². The summed E-state index contributed by atoms with van der Waals surface area (Å²) in [6.45, 7) is 10.8. The van der Waals surface area contributed by atoms with Crippen molar-refractivity contribution in [2.75, 3.05) is 39.5 Å². The van der Waals surface area contributed by atoms with E-state index in [0.717, 1.165) is 74.5 Å². The highest BCUT2D eigenvalue weighted by Gasteiger charge is 2.34. The summed E-state index contributed by atoms with van der Waals surface area (Å²) in [5, 5.41) is 10.1. The number of aryl methyl sites for hydroxylation is 1. The van der Waals surface area contributed by atoms with Gasteiger partial charge in [-0.3, -0.25) is 4.99 Å². The van der Waals surface area contributed by atoms with Crippen LogP contribution < -0.4 is 15.4 Å². The van der Waals surface area contributed by atoms with Crippen molar-refractivity contribution >= 4 is 17.3 Å². The average molecular weight is 431 g/mol. The lowest BCUT2D eigenvalue weighted by Gasteiger charge is -2.36. The molecule has 0 bridgehead atoms. The van der Waals surface area contributed by atoms with Gasteiger partial charge in [0.15, 0.2) is 5.96 Å². The van der Waals surface area contributed by atoms with E-state index in [0.29, 0.717) is 6.61 Å². The molecule has 2 heterocycles. The molecule has 1 fully saturated rings. The van der Waals surface area contributed by atoms with Gasteiger partial charge < -0.3 is 20.1 Å². The van der Waals surface area contributed by atoms with Crippen LogP contribution in [0.5, 0.6) is 5.75 Å². The highest BCUT2D eigenvalue weighted by molar-refractivity contribution is 7.09. The van der Waals surface area contributed by atoms with Crippen LogP contribution in [0.25, 0.3) is 0 Å². The second kappa shape index (κ2) is 11.3. The summed E-state index contributed by atoms with van der Waals surface area (Å²) >= 11 is 1.70. The third kappa shape index (κ3) is 6.19.